The Hall–Kier alpha value is -3.52. The smallest absolute Gasteiger partial charge is 0.222 e. The lowest BCUT2D eigenvalue weighted by atomic mass is 10.1. The number of ether oxygens (including phenoxy) is 2. The molecular formula is C29H32FN3O3. The van der Waals surface area contributed by atoms with Crippen LogP contribution in [0.25, 0.3) is 11.3 Å². The maximum Gasteiger partial charge on any atom is 0.222 e. The maximum absolute atomic E-state index is 13.5. The van der Waals surface area contributed by atoms with Crippen molar-refractivity contribution >= 4 is 0 Å². The first-order valence-corrected chi connectivity index (χ1v) is 12.0. The molecule has 0 radical (unpaired) electrons. The Balaban J connectivity index is 1.64. The average molecular weight is 490 g/mol. The molecule has 0 amide bonds. The molecule has 0 saturated carbocycles. The Bertz CT molecular complexity index is 1210. The van der Waals surface area contributed by atoms with E-state index < -0.39 is 6.10 Å². The molecule has 3 aromatic carbocycles. The fourth-order valence-electron chi connectivity index (χ4n) is 4.19. The first-order chi connectivity index (χ1) is 17.5. The summed E-state index contributed by atoms with van der Waals surface area (Å²) >= 11 is 0. The van der Waals surface area contributed by atoms with Crippen LogP contribution >= 0.6 is 0 Å². The SMILES string of the molecule is COCCN(Cc1c(-c2ccccc2)nn(C)c1Oc1ccc(F)cc1)C[C@H](O)Cc1ccccc1. The molecule has 0 saturated heterocycles. The van der Waals surface area contributed by atoms with Gasteiger partial charge in [-0.05, 0) is 36.2 Å². The molecule has 4 aromatic rings. The maximum atomic E-state index is 13.5. The number of benzene rings is 3. The highest BCUT2D eigenvalue weighted by atomic mass is 19.1. The second kappa shape index (κ2) is 12.4. The van der Waals surface area contributed by atoms with E-state index in [0.29, 0.717) is 44.3 Å². The molecule has 0 spiro atoms. The summed E-state index contributed by atoms with van der Waals surface area (Å²) in [4.78, 5) is 2.15. The van der Waals surface area contributed by atoms with Crippen LogP contribution in [0.2, 0.25) is 0 Å². The van der Waals surface area contributed by atoms with Gasteiger partial charge in [-0.3, -0.25) is 4.90 Å². The standard InChI is InChI=1S/C29H32FN3O3/c1-32-29(36-26-15-13-24(30)14-16-26)27(28(31-32)23-11-7-4-8-12-23)21-33(17-18-35-2)20-25(34)19-22-9-5-3-6-10-22/h3-16,25,34H,17-21H2,1-2H3/t25-/m1/s1. The van der Waals surface area contributed by atoms with Gasteiger partial charge < -0.3 is 14.6 Å². The second-order valence-corrected chi connectivity index (χ2v) is 8.75. The van der Waals surface area contributed by atoms with Crippen molar-refractivity contribution in [2.45, 2.75) is 19.1 Å². The van der Waals surface area contributed by atoms with E-state index in [1.165, 1.54) is 12.1 Å². The van der Waals surface area contributed by atoms with Crippen molar-refractivity contribution in [1.29, 1.82) is 0 Å². The lowest BCUT2D eigenvalue weighted by Gasteiger charge is -2.25. The predicted octanol–water partition coefficient (Wildman–Crippen LogP) is 5.07. The Morgan fingerprint density at radius 3 is 2.31 bits per heavy atom. The molecule has 36 heavy (non-hydrogen) atoms. The summed E-state index contributed by atoms with van der Waals surface area (Å²) in [6.45, 7) is 2.09. The molecular weight excluding hydrogens is 457 g/mol. The van der Waals surface area contributed by atoms with Crippen molar-refractivity contribution in [3.8, 4) is 22.9 Å². The number of hydrogen-bond acceptors (Lipinski definition) is 5. The van der Waals surface area contributed by atoms with E-state index in [4.69, 9.17) is 14.6 Å². The minimum Gasteiger partial charge on any atom is -0.439 e. The number of nitrogens with zero attached hydrogens (tertiary/aromatic N) is 3. The van der Waals surface area contributed by atoms with Crippen molar-refractivity contribution in [2.24, 2.45) is 7.05 Å². The third kappa shape index (κ3) is 6.79. The quantitative estimate of drug-likeness (QED) is 0.301. The molecule has 0 aliphatic rings. The van der Waals surface area contributed by atoms with Crippen LogP contribution in [0.15, 0.2) is 84.9 Å². The van der Waals surface area contributed by atoms with Crippen molar-refractivity contribution in [3.63, 3.8) is 0 Å². The lowest BCUT2D eigenvalue weighted by molar-refractivity contribution is 0.0848. The molecule has 0 fully saturated rings. The molecule has 4 rings (SSSR count). The van der Waals surface area contributed by atoms with E-state index in [-0.39, 0.29) is 5.82 Å². The molecule has 0 aliphatic carbocycles. The Kier molecular flexibility index (Phi) is 8.84. The second-order valence-electron chi connectivity index (χ2n) is 8.75. The first kappa shape index (κ1) is 25.6. The summed E-state index contributed by atoms with van der Waals surface area (Å²) in [5.41, 5.74) is 3.74. The van der Waals surface area contributed by atoms with Gasteiger partial charge in [-0.1, -0.05) is 60.7 Å². The average Bonchev–Trinajstić information content (AvgIpc) is 3.19. The van der Waals surface area contributed by atoms with Crippen molar-refractivity contribution in [1.82, 2.24) is 14.7 Å². The van der Waals surface area contributed by atoms with Gasteiger partial charge in [-0.2, -0.15) is 5.10 Å². The Morgan fingerprint density at radius 1 is 0.972 bits per heavy atom. The number of halogens is 1. The minimum absolute atomic E-state index is 0.323. The van der Waals surface area contributed by atoms with Gasteiger partial charge in [0.15, 0.2) is 0 Å². The van der Waals surface area contributed by atoms with E-state index in [1.807, 2.05) is 67.7 Å². The molecule has 1 aromatic heterocycles. The molecule has 7 heteroatoms. The zero-order valence-corrected chi connectivity index (χ0v) is 20.7. The van der Waals surface area contributed by atoms with Crippen molar-refractivity contribution < 1.29 is 19.0 Å². The number of aliphatic hydroxyl groups is 1. The van der Waals surface area contributed by atoms with Gasteiger partial charge in [0.2, 0.25) is 5.88 Å². The number of aliphatic hydroxyl groups excluding tert-OH is 1. The molecule has 1 heterocycles. The normalized spacial score (nSPS) is 12.1. The highest BCUT2D eigenvalue weighted by Crippen LogP contribution is 2.34. The van der Waals surface area contributed by atoms with E-state index in [1.54, 1.807) is 23.9 Å². The monoisotopic (exact) mass is 489 g/mol. The van der Waals surface area contributed by atoms with Gasteiger partial charge in [0.25, 0.3) is 0 Å². The highest BCUT2D eigenvalue weighted by molar-refractivity contribution is 5.65. The number of methoxy groups -OCH3 is 1. The number of hydrogen-bond donors (Lipinski definition) is 1. The third-order valence-electron chi connectivity index (χ3n) is 5.94. The largest absolute Gasteiger partial charge is 0.439 e. The van der Waals surface area contributed by atoms with Gasteiger partial charge in [0.1, 0.15) is 17.3 Å². The van der Waals surface area contributed by atoms with Crippen LogP contribution in [0, 0.1) is 5.82 Å². The number of aryl methyl sites for hydroxylation is 1. The van der Waals surface area contributed by atoms with E-state index in [2.05, 4.69) is 4.90 Å². The van der Waals surface area contributed by atoms with Crippen LogP contribution in [-0.2, 0) is 24.8 Å². The van der Waals surface area contributed by atoms with E-state index in [0.717, 1.165) is 22.4 Å². The Labute approximate surface area is 211 Å². The third-order valence-corrected chi connectivity index (χ3v) is 5.94. The van der Waals surface area contributed by atoms with E-state index >= 15 is 0 Å². The molecule has 0 aliphatic heterocycles. The molecule has 0 unspecified atom stereocenters. The van der Waals surface area contributed by atoms with Crippen LogP contribution < -0.4 is 4.74 Å². The number of rotatable bonds is 12. The molecule has 1 atom stereocenters. The van der Waals surface area contributed by atoms with Crippen molar-refractivity contribution in [2.75, 3.05) is 26.8 Å². The van der Waals surface area contributed by atoms with Crippen molar-refractivity contribution in [3.05, 3.63) is 102 Å². The molecule has 0 bridgehead atoms. The van der Waals surface area contributed by atoms with Gasteiger partial charge in [-0.25, -0.2) is 9.07 Å². The first-order valence-electron chi connectivity index (χ1n) is 12.0. The molecule has 6 nitrogen and oxygen atoms in total. The highest BCUT2D eigenvalue weighted by Gasteiger charge is 2.23. The number of aromatic nitrogens is 2. The fraction of sp³-hybridized carbons (Fsp3) is 0.276. The lowest BCUT2D eigenvalue weighted by Crippen LogP contribution is -2.35. The van der Waals surface area contributed by atoms with Crippen LogP contribution in [-0.4, -0.2) is 52.7 Å². The van der Waals surface area contributed by atoms with Crippen LogP contribution in [0.1, 0.15) is 11.1 Å². The van der Waals surface area contributed by atoms with E-state index in [9.17, 15) is 9.50 Å². The summed E-state index contributed by atoms with van der Waals surface area (Å²) in [6.07, 6.45) is 0.00421. The van der Waals surface area contributed by atoms with Crippen LogP contribution in [0.4, 0.5) is 4.39 Å². The topological polar surface area (TPSA) is 59.8 Å². The molecule has 1 N–H and O–H groups in total. The fourth-order valence-corrected chi connectivity index (χ4v) is 4.19. The van der Waals surface area contributed by atoms with Gasteiger partial charge in [0, 0.05) is 39.4 Å². The van der Waals surface area contributed by atoms with Crippen LogP contribution in [0.3, 0.4) is 0 Å². The molecule has 188 valence electrons. The van der Waals surface area contributed by atoms with Crippen LogP contribution in [0.5, 0.6) is 11.6 Å². The van der Waals surface area contributed by atoms with Gasteiger partial charge in [0.05, 0.1) is 18.3 Å². The van der Waals surface area contributed by atoms with Gasteiger partial charge >= 0.3 is 0 Å². The summed E-state index contributed by atoms with van der Waals surface area (Å²) < 4.78 is 26.7. The minimum atomic E-state index is -0.553. The van der Waals surface area contributed by atoms with Gasteiger partial charge in [-0.15, -0.1) is 0 Å². The summed E-state index contributed by atoms with van der Waals surface area (Å²) in [5, 5.41) is 15.7. The summed E-state index contributed by atoms with van der Waals surface area (Å²) in [6, 6.07) is 25.8. The predicted molar refractivity (Wildman–Crippen MR) is 138 cm³/mol. The Morgan fingerprint density at radius 2 is 1.64 bits per heavy atom. The summed E-state index contributed by atoms with van der Waals surface area (Å²) in [5.74, 6) is 0.768. The zero-order valence-electron chi connectivity index (χ0n) is 20.7. The summed E-state index contributed by atoms with van der Waals surface area (Å²) in [7, 11) is 3.50. The zero-order chi connectivity index (χ0) is 25.3.